The molecule has 1 aliphatic carbocycles. The number of aromatic nitrogens is 2. The van der Waals surface area contributed by atoms with Gasteiger partial charge in [-0.05, 0) is 39.2 Å². The van der Waals surface area contributed by atoms with E-state index >= 15 is 0 Å². The van der Waals surface area contributed by atoms with Crippen LogP contribution in [0.3, 0.4) is 0 Å². The van der Waals surface area contributed by atoms with Gasteiger partial charge in [0.25, 0.3) is 0 Å². The summed E-state index contributed by atoms with van der Waals surface area (Å²) in [6.45, 7) is 7.07. The highest BCUT2D eigenvalue weighted by Gasteiger charge is 2.29. The molecule has 2 rings (SSSR count). The lowest BCUT2D eigenvalue weighted by Gasteiger charge is -2.34. The van der Waals surface area contributed by atoms with Crippen molar-refractivity contribution in [2.24, 2.45) is 0 Å². The summed E-state index contributed by atoms with van der Waals surface area (Å²) in [6.07, 6.45) is 9.39. The van der Waals surface area contributed by atoms with Crippen molar-refractivity contribution in [3.63, 3.8) is 0 Å². The second kappa shape index (κ2) is 6.06. The Hall–Kier alpha value is -0.870. The second-order valence-corrected chi connectivity index (χ2v) is 6.19. The molecule has 1 aromatic rings. The van der Waals surface area contributed by atoms with E-state index in [0.717, 1.165) is 25.7 Å². The normalized spacial score (nSPS) is 22.1. The number of rotatable bonds is 5. The van der Waals surface area contributed by atoms with Crippen LogP contribution in [-0.4, -0.2) is 33.1 Å². The van der Waals surface area contributed by atoms with Crippen LogP contribution in [0, 0.1) is 6.92 Å². The van der Waals surface area contributed by atoms with Gasteiger partial charge in [-0.1, -0.05) is 19.3 Å². The first kappa shape index (κ1) is 14.5. The third kappa shape index (κ3) is 3.80. The van der Waals surface area contributed by atoms with Gasteiger partial charge in [0, 0.05) is 18.8 Å². The fraction of sp³-hybridized carbons (Fsp3) is 0.800. The second-order valence-electron chi connectivity index (χ2n) is 6.19. The number of hydrogen-bond acceptors (Lipinski definition) is 3. The summed E-state index contributed by atoms with van der Waals surface area (Å²) < 4.78 is 2.00. The van der Waals surface area contributed by atoms with Crippen LogP contribution in [0.1, 0.15) is 57.6 Å². The number of nitrogens with zero attached hydrogens (tertiary/aromatic N) is 2. The largest absolute Gasteiger partial charge is 0.389 e. The molecule has 0 bridgehead atoms. The fourth-order valence-electron chi connectivity index (χ4n) is 2.79. The minimum absolute atomic E-state index is 0.292. The monoisotopic (exact) mass is 265 g/mol. The van der Waals surface area contributed by atoms with Gasteiger partial charge in [-0.2, -0.15) is 5.10 Å². The molecule has 4 nitrogen and oxygen atoms in total. The Morgan fingerprint density at radius 2 is 2.05 bits per heavy atom. The molecule has 108 valence electrons. The molecule has 0 radical (unpaired) electrons. The third-order valence-electron chi connectivity index (χ3n) is 4.41. The van der Waals surface area contributed by atoms with Crippen molar-refractivity contribution in [1.82, 2.24) is 15.1 Å². The van der Waals surface area contributed by atoms with E-state index in [1.54, 1.807) is 0 Å². The number of hydrogen-bond donors (Lipinski definition) is 2. The molecule has 0 saturated heterocycles. The lowest BCUT2D eigenvalue weighted by atomic mass is 9.84. The first-order valence-electron chi connectivity index (χ1n) is 7.47. The van der Waals surface area contributed by atoms with Crippen LogP contribution in [0.4, 0.5) is 0 Å². The van der Waals surface area contributed by atoms with E-state index in [2.05, 4.69) is 37.4 Å². The van der Waals surface area contributed by atoms with Gasteiger partial charge in [0.05, 0.1) is 17.8 Å². The Bertz CT molecular complexity index is 396. The maximum Gasteiger partial charge on any atom is 0.0771 e. The molecule has 0 aromatic carbocycles. The van der Waals surface area contributed by atoms with Crippen LogP contribution < -0.4 is 5.32 Å². The van der Waals surface area contributed by atoms with Gasteiger partial charge < -0.3 is 10.4 Å². The minimum atomic E-state index is -0.494. The summed E-state index contributed by atoms with van der Waals surface area (Å²) in [7, 11) is 0. The SMILES string of the molecule is Cc1cnn([C@@H](C)[C@@H](C)NCC2(O)CCCCC2)c1. The topological polar surface area (TPSA) is 50.1 Å². The van der Waals surface area contributed by atoms with Crippen LogP contribution in [-0.2, 0) is 0 Å². The Labute approximate surface area is 116 Å². The van der Waals surface area contributed by atoms with E-state index in [1.807, 2.05) is 10.9 Å². The average molecular weight is 265 g/mol. The summed E-state index contributed by atoms with van der Waals surface area (Å²) in [5.41, 5.74) is 0.691. The lowest BCUT2D eigenvalue weighted by molar-refractivity contribution is 0.00181. The van der Waals surface area contributed by atoms with Gasteiger partial charge in [0.1, 0.15) is 0 Å². The molecule has 19 heavy (non-hydrogen) atoms. The molecule has 0 aliphatic heterocycles. The maximum absolute atomic E-state index is 10.5. The summed E-state index contributed by atoms with van der Waals surface area (Å²) in [5, 5.41) is 18.3. The number of aliphatic hydroxyl groups is 1. The van der Waals surface area contributed by atoms with Crippen molar-refractivity contribution >= 4 is 0 Å². The van der Waals surface area contributed by atoms with Gasteiger partial charge in [-0.15, -0.1) is 0 Å². The Kier molecular flexibility index (Phi) is 4.63. The summed E-state index contributed by atoms with van der Waals surface area (Å²) >= 11 is 0. The molecule has 0 unspecified atom stereocenters. The van der Waals surface area contributed by atoms with Gasteiger partial charge in [0.2, 0.25) is 0 Å². The zero-order valence-corrected chi connectivity index (χ0v) is 12.4. The van der Waals surface area contributed by atoms with E-state index in [4.69, 9.17) is 0 Å². The molecular formula is C15H27N3O. The fourth-order valence-corrected chi connectivity index (χ4v) is 2.79. The zero-order valence-electron chi connectivity index (χ0n) is 12.4. The predicted octanol–water partition coefficient (Wildman–Crippen LogP) is 2.43. The van der Waals surface area contributed by atoms with Crippen molar-refractivity contribution < 1.29 is 5.11 Å². The van der Waals surface area contributed by atoms with Crippen molar-refractivity contribution in [2.45, 2.75) is 70.6 Å². The first-order valence-corrected chi connectivity index (χ1v) is 7.47. The average Bonchev–Trinajstić information content (AvgIpc) is 2.83. The predicted molar refractivity (Wildman–Crippen MR) is 77.2 cm³/mol. The Balaban J connectivity index is 1.85. The molecule has 2 atom stereocenters. The highest BCUT2D eigenvalue weighted by atomic mass is 16.3. The van der Waals surface area contributed by atoms with Crippen molar-refractivity contribution in [2.75, 3.05) is 6.54 Å². The lowest BCUT2D eigenvalue weighted by Crippen LogP contribution is -2.46. The molecule has 0 amide bonds. The molecule has 0 spiro atoms. The van der Waals surface area contributed by atoms with E-state index in [0.29, 0.717) is 18.6 Å². The first-order chi connectivity index (χ1) is 9.00. The van der Waals surface area contributed by atoms with Crippen LogP contribution in [0.15, 0.2) is 12.4 Å². The van der Waals surface area contributed by atoms with Crippen molar-refractivity contribution in [3.05, 3.63) is 18.0 Å². The molecule has 1 saturated carbocycles. The van der Waals surface area contributed by atoms with Gasteiger partial charge >= 0.3 is 0 Å². The summed E-state index contributed by atoms with van der Waals surface area (Å²) in [6, 6.07) is 0.589. The Morgan fingerprint density at radius 1 is 1.37 bits per heavy atom. The highest BCUT2D eigenvalue weighted by Crippen LogP contribution is 2.27. The van der Waals surface area contributed by atoms with Gasteiger partial charge in [-0.25, -0.2) is 0 Å². The summed E-state index contributed by atoms with van der Waals surface area (Å²) in [5.74, 6) is 0. The van der Waals surface area contributed by atoms with Crippen molar-refractivity contribution in [1.29, 1.82) is 0 Å². The highest BCUT2D eigenvalue weighted by molar-refractivity contribution is 5.01. The van der Waals surface area contributed by atoms with E-state index in [9.17, 15) is 5.11 Å². The van der Waals surface area contributed by atoms with Crippen LogP contribution >= 0.6 is 0 Å². The zero-order chi connectivity index (χ0) is 13.9. The van der Waals surface area contributed by atoms with Crippen LogP contribution in [0.5, 0.6) is 0 Å². The maximum atomic E-state index is 10.5. The molecule has 1 heterocycles. The number of nitrogens with one attached hydrogen (secondary N) is 1. The molecular weight excluding hydrogens is 238 g/mol. The van der Waals surface area contributed by atoms with E-state index in [-0.39, 0.29) is 0 Å². The molecule has 2 N–H and O–H groups in total. The van der Waals surface area contributed by atoms with E-state index < -0.39 is 5.60 Å². The standard InChI is InChI=1S/C15H27N3O/c1-12-9-17-18(10-12)14(3)13(2)16-11-15(19)7-5-4-6-8-15/h9-10,13-14,16,19H,4-8,11H2,1-3H3/t13-,14+/m1/s1. The van der Waals surface area contributed by atoms with Crippen LogP contribution in [0.25, 0.3) is 0 Å². The van der Waals surface area contributed by atoms with Gasteiger partial charge in [-0.3, -0.25) is 4.68 Å². The summed E-state index contributed by atoms with van der Waals surface area (Å²) in [4.78, 5) is 0. The Morgan fingerprint density at radius 3 is 2.63 bits per heavy atom. The van der Waals surface area contributed by atoms with Crippen molar-refractivity contribution in [3.8, 4) is 0 Å². The minimum Gasteiger partial charge on any atom is -0.389 e. The molecule has 1 aromatic heterocycles. The van der Waals surface area contributed by atoms with Crippen LogP contribution in [0.2, 0.25) is 0 Å². The quantitative estimate of drug-likeness (QED) is 0.859. The third-order valence-corrected chi connectivity index (χ3v) is 4.41. The van der Waals surface area contributed by atoms with Gasteiger partial charge in [0.15, 0.2) is 0 Å². The molecule has 1 fully saturated rings. The van der Waals surface area contributed by atoms with E-state index in [1.165, 1.54) is 12.0 Å². The molecule has 1 aliphatic rings. The number of aryl methyl sites for hydroxylation is 1. The molecule has 4 heteroatoms. The smallest absolute Gasteiger partial charge is 0.0771 e.